The summed E-state index contributed by atoms with van der Waals surface area (Å²) in [5.41, 5.74) is 15.8. The third-order valence-corrected chi connectivity index (χ3v) is 3.88. The predicted octanol–water partition coefficient (Wildman–Crippen LogP) is 2.00. The van der Waals surface area contributed by atoms with Crippen LogP contribution in [-0.2, 0) is 0 Å². The SMILES string of the molecule is Cc1ccc(O)c(C)c1-c1cc2nccn2c(C(N)=O)c1N. The number of aryl methyl sites for hydroxylation is 1. The number of fused-ring (bicyclic) bond motifs is 1. The summed E-state index contributed by atoms with van der Waals surface area (Å²) in [7, 11) is 0. The average molecular weight is 296 g/mol. The van der Waals surface area contributed by atoms with Gasteiger partial charge in [0.2, 0.25) is 0 Å². The van der Waals surface area contributed by atoms with E-state index in [0.29, 0.717) is 16.8 Å². The van der Waals surface area contributed by atoms with Crippen LogP contribution in [-0.4, -0.2) is 20.4 Å². The van der Waals surface area contributed by atoms with E-state index >= 15 is 0 Å². The first kappa shape index (κ1) is 13.9. The van der Waals surface area contributed by atoms with Gasteiger partial charge < -0.3 is 16.6 Å². The molecule has 0 fully saturated rings. The van der Waals surface area contributed by atoms with Crippen LogP contribution in [0.1, 0.15) is 21.6 Å². The minimum absolute atomic E-state index is 0.170. The zero-order valence-electron chi connectivity index (χ0n) is 12.3. The van der Waals surface area contributed by atoms with Gasteiger partial charge in [-0.1, -0.05) is 6.07 Å². The Morgan fingerprint density at radius 2 is 2.05 bits per heavy atom. The molecule has 3 rings (SSSR count). The first-order valence-corrected chi connectivity index (χ1v) is 6.76. The normalized spacial score (nSPS) is 11.0. The number of hydrogen-bond acceptors (Lipinski definition) is 4. The van der Waals surface area contributed by atoms with E-state index in [1.807, 2.05) is 6.92 Å². The summed E-state index contributed by atoms with van der Waals surface area (Å²) < 4.78 is 1.56. The molecule has 1 amide bonds. The molecule has 2 heterocycles. The molecule has 0 spiro atoms. The Hall–Kier alpha value is -3.02. The average Bonchev–Trinajstić information content (AvgIpc) is 2.91. The standard InChI is InChI=1S/C16H16N4O2/c1-8-3-4-11(21)9(2)13(8)10-7-12-19-5-6-20(12)15(14(10)17)16(18)22/h3-7,21H,17H2,1-2H3,(H2,18,22). The van der Waals surface area contributed by atoms with Crippen LogP contribution in [0.5, 0.6) is 5.75 Å². The van der Waals surface area contributed by atoms with Crippen molar-refractivity contribution in [2.45, 2.75) is 13.8 Å². The van der Waals surface area contributed by atoms with E-state index in [-0.39, 0.29) is 17.1 Å². The van der Waals surface area contributed by atoms with Crippen LogP contribution in [0.15, 0.2) is 30.6 Å². The highest BCUT2D eigenvalue weighted by Crippen LogP contribution is 2.37. The summed E-state index contributed by atoms with van der Waals surface area (Å²) in [6.07, 6.45) is 3.21. The second-order valence-electron chi connectivity index (χ2n) is 5.24. The molecule has 0 saturated carbocycles. The molecule has 22 heavy (non-hydrogen) atoms. The van der Waals surface area contributed by atoms with Crippen molar-refractivity contribution < 1.29 is 9.90 Å². The van der Waals surface area contributed by atoms with E-state index in [0.717, 1.165) is 11.1 Å². The molecule has 0 bridgehead atoms. The van der Waals surface area contributed by atoms with Crippen molar-refractivity contribution in [3.63, 3.8) is 0 Å². The highest BCUT2D eigenvalue weighted by molar-refractivity contribution is 6.02. The second-order valence-corrected chi connectivity index (χ2v) is 5.24. The van der Waals surface area contributed by atoms with Gasteiger partial charge in [0.05, 0.1) is 5.69 Å². The molecule has 6 heteroatoms. The molecule has 5 N–H and O–H groups in total. The number of carbonyl (C=O) groups is 1. The van der Waals surface area contributed by atoms with Crippen molar-refractivity contribution in [1.82, 2.24) is 9.38 Å². The summed E-state index contributed by atoms with van der Waals surface area (Å²) in [4.78, 5) is 16.0. The summed E-state index contributed by atoms with van der Waals surface area (Å²) >= 11 is 0. The number of nitrogens with zero attached hydrogens (tertiary/aromatic N) is 2. The Morgan fingerprint density at radius 1 is 1.32 bits per heavy atom. The molecule has 0 radical (unpaired) electrons. The lowest BCUT2D eigenvalue weighted by molar-refractivity contribution is 0.0995. The number of aromatic hydroxyl groups is 1. The molecular weight excluding hydrogens is 280 g/mol. The van der Waals surface area contributed by atoms with Crippen molar-refractivity contribution >= 4 is 17.2 Å². The molecule has 2 aromatic heterocycles. The van der Waals surface area contributed by atoms with Gasteiger partial charge in [-0.3, -0.25) is 9.20 Å². The highest BCUT2D eigenvalue weighted by atomic mass is 16.3. The van der Waals surface area contributed by atoms with Crippen LogP contribution >= 0.6 is 0 Å². The summed E-state index contributed by atoms with van der Waals surface area (Å²) in [5.74, 6) is -0.457. The zero-order chi connectivity index (χ0) is 16.0. The molecule has 0 aliphatic rings. The van der Waals surface area contributed by atoms with E-state index in [1.165, 1.54) is 0 Å². The number of hydrogen-bond donors (Lipinski definition) is 3. The molecule has 0 saturated heterocycles. The number of rotatable bonds is 2. The lowest BCUT2D eigenvalue weighted by atomic mass is 9.93. The monoisotopic (exact) mass is 296 g/mol. The fraction of sp³-hybridized carbons (Fsp3) is 0.125. The first-order chi connectivity index (χ1) is 10.4. The van der Waals surface area contributed by atoms with Crippen molar-refractivity contribution in [1.29, 1.82) is 0 Å². The van der Waals surface area contributed by atoms with Gasteiger partial charge in [0.1, 0.15) is 17.1 Å². The quantitative estimate of drug-likeness (QED) is 0.672. The highest BCUT2D eigenvalue weighted by Gasteiger charge is 2.20. The summed E-state index contributed by atoms with van der Waals surface area (Å²) in [6.45, 7) is 3.72. The minimum Gasteiger partial charge on any atom is -0.508 e. The summed E-state index contributed by atoms with van der Waals surface area (Å²) in [5, 5.41) is 9.98. The van der Waals surface area contributed by atoms with Gasteiger partial charge in [-0.15, -0.1) is 0 Å². The number of benzene rings is 1. The Balaban J connectivity index is 2.45. The van der Waals surface area contributed by atoms with Crippen LogP contribution in [0.25, 0.3) is 16.8 Å². The molecule has 0 atom stereocenters. The number of aromatic nitrogens is 2. The number of phenols is 1. The topological polar surface area (TPSA) is 107 Å². The molecule has 6 nitrogen and oxygen atoms in total. The molecular formula is C16H16N4O2. The molecule has 0 aliphatic heterocycles. The number of pyridine rings is 1. The van der Waals surface area contributed by atoms with Crippen LogP contribution in [0.4, 0.5) is 5.69 Å². The third-order valence-electron chi connectivity index (χ3n) is 3.88. The number of phenolic OH excluding ortho intramolecular Hbond substituents is 1. The molecule has 0 unspecified atom stereocenters. The van der Waals surface area contributed by atoms with Gasteiger partial charge in [-0.05, 0) is 42.7 Å². The minimum atomic E-state index is -0.627. The Labute approximate surface area is 127 Å². The van der Waals surface area contributed by atoms with Gasteiger partial charge in [0.25, 0.3) is 5.91 Å². The third kappa shape index (κ3) is 1.88. The van der Waals surface area contributed by atoms with Gasteiger partial charge in [-0.25, -0.2) is 4.98 Å². The van der Waals surface area contributed by atoms with E-state index in [9.17, 15) is 9.90 Å². The maximum absolute atomic E-state index is 11.8. The van der Waals surface area contributed by atoms with Crippen LogP contribution < -0.4 is 11.5 Å². The molecule has 3 aromatic rings. The van der Waals surface area contributed by atoms with Crippen molar-refractivity contribution in [3.8, 4) is 16.9 Å². The maximum atomic E-state index is 11.8. The lowest BCUT2D eigenvalue weighted by Gasteiger charge is -2.16. The van der Waals surface area contributed by atoms with Gasteiger partial charge >= 0.3 is 0 Å². The smallest absolute Gasteiger partial charge is 0.267 e. The zero-order valence-corrected chi connectivity index (χ0v) is 12.3. The number of anilines is 1. The summed E-state index contributed by atoms with van der Waals surface area (Å²) in [6, 6.07) is 5.22. The van der Waals surface area contributed by atoms with E-state index in [4.69, 9.17) is 11.5 Å². The number of carbonyl (C=O) groups excluding carboxylic acids is 1. The second kappa shape index (κ2) is 4.77. The fourth-order valence-corrected chi connectivity index (χ4v) is 2.78. The number of primary amides is 1. The van der Waals surface area contributed by atoms with Crippen molar-refractivity contribution in [2.75, 3.05) is 5.73 Å². The van der Waals surface area contributed by atoms with Crippen LogP contribution in [0.3, 0.4) is 0 Å². The lowest BCUT2D eigenvalue weighted by Crippen LogP contribution is -2.18. The maximum Gasteiger partial charge on any atom is 0.267 e. The van der Waals surface area contributed by atoms with E-state index in [1.54, 1.807) is 41.9 Å². The molecule has 112 valence electrons. The van der Waals surface area contributed by atoms with Gasteiger partial charge in [0, 0.05) is 18.0 Å². The predicted molar refractivity (Wildman–Crippen MR) is 84.7 cm³/mol. The largest absolute Gasteiger partial charge is 0.508 e. The van der Waals surface area contributed by atoms with E-state index < -0.39 is 5.91 Å². The number of nitrogen functional groups attached to an aromatic ring is 1. The van der Waals surface area contributed by atoms with Crippen molar-refractivity contribution in [2.24, 2.45) is 5.73 Å². The van der Waals surface area contributed by atoms with Gasteiger partial charge in [0.15, 0.2) is 0 Å². The van der Waals surface area contributed by atoms with Crippen LogP contribution in [0.2, 0.25) is 0 Å². The van der Waals surface area contributed by atoms with Crippen molar-refractivity contribution in [3.05, 3.63) is 47.4 Å². The number of amides is 1. The fourth-order valence-electron chi connectivity index (χ4n) is 2.78. The first-order valence-electron chi connectivity index (χ1n) is 6.76. The number of imidazole rings is 1. The Morgan fingerprint density at radius 3 is 2.73 bits per heavy atom. The van der Waals surface area contributed by atoms with Gasteiger partial charge in [-0.2, -0.15) is 0 Å². The van der Waals surface area contributed by atoms with Crippen LogP contribution in [0, 0.1) is 13.8 Å². The Bertz CT molecular complexity index is 912. The Kier molecular flexibility index (Phi) is 3.02. The molecule has 1 aromatic carbocycles. The number of nitrogens with two attached hydrogens (primary N) is 2. The molecule has 0 aliphatic carbocycles. The van der Waals surface area contributed by atoms with E-state index in [2.05, 4.69) is 4.98 Å².